The topological polar surface area (TPSA) is 70.9 Å². The van der Waals surface area contributed by atoms with Gasteiger partial charge in [-0.2, -0.15) is 0 Å². The lowest BCUT2D eigenvalue weighted by Crippen LogP contribution is -2.11. The highest BCUT2D eigenvalue weighted by atomic mass is 35.5. The minimum Gasteiger partial charge on any atom is -0.380 e. The number of H-pyrrole nitrogens is 1. The van der Waals surface area contributed by atoms with Crippen molar-refractivity contribution < 1.29 is 4.79 Å². The zero-order valence-corrected chi connectivity index (χ0v) is 11.9. The average molecular weight is 300 g/mol. The van der Waals surface area contributed by atoms with E-state index >= 15 is 0 Å². The van der Waals surface area contributed by atoms with Crippen LogP contribution in [0.5, 0.6) is 0 Å². The van der Waals surface area contributed by atoms with E-state index < -0.39 is 5.91 Å². The van der Waals surface area contributed by atoms with Gasteiger partial charge in [-0.05, 0) is 47.3 Å². The van der Waals surface area contributed by atoms with E-state index in [1.807, 2.05) is 24.4 Å². The molecule has 21 heavy (non-hydrogen) atoms. The molecule has 1 aromatic heterocycles. The van der Waals surface area contributed by atoms with Crippen LogP contribution in [0.3, 0.4) is 0 Å². The summed E-state index contributed by atoms with van der Waals surface area (Å²) in [5, 5.41) is 4.95. The van der Waals surface area contributed by atoms with Gasteiger partial charge in [0.15, 0.2) is 0 Å². The van der Waals surface area contributed by atoms with Crippen LogP contribution in [-0.2, 0) is 6.54 Å². The molecule has 0 saturated heterocycles. The first kappa shape index (κ1) is 13.5. The minimum absolute atomic E-state index is 0.433. The largest absolute Gasteiger partial charge is 0.380 e. The first-order chi connectivity index (χ1) is 10.1. The Balaban J connectivity index is 1.80. The molecule has 106 valence electrons. The van der Waals surface area contributed by atoms with Crippen LogP contribution in [0.1, 0.15) is 15.9 Å². The van der Waals surface area contributed by atoms with Crippen LogP contribution in [0.4, 0.5) is 5.69 Å². The highest BCUT2D eigenvalue weighted by Gasteiger charge is 2.06. The molecule has 0 atom stereocenters. The van der Waals surface area contributed by atoms with E-state index in [0.717, 1.165) is 16.5 Å². The summed E-state index contributed by atoms with van der Waals surface area (Å²) >= 11 is 6.13. The second kappa shape index (κ2) is 5.50. The number of amides is 1. The Bertz CT molecular complexity index is 810. The lowest BCUT2D eigenvalue weighted by atomic mass is 10.1. The van der Waals surface area contributed by atoms with Gasteiger partial charge in [-0.15, -0.1) is 0 Å². The fraction of sp³-hybridized carbons (Fsp3) is 0.0625. The van der Waals surface area contributed by atoms with Gasteiger partial charge in [-0.3, -0.25) is 4.79 Å². The average Bonchev–Trinajstić information content (AvgIpc) is 2.93. The van der Waals surface area contributed by atoms with Crippen molar-refractivity contribution in [2.75, 3.05) is 5.32 Å². The van der Waals surface area contributed by atoms with Gasteiger partial charge in [0.25, 0.3) is 0 Å². The summed E-state index contributed by atoms with van der Waals surface area (Å²) in [6.07, 6.45) is 1.91. The summed E-state index contributed by atoms with van der Waals surface area (Å²) in [6, 6.07) is 13.1. The van der Waals surface area contributed by atoms with Gasteiger partial charge in [-0.25, -0.2) is 0 Å². The predicted octanol–water partition coefficient (Wildman–Crippen LogP) is 3.53. The molecular formula is C16H14ClN3O. The van der Waals surface area contributed by atoms with Gasteiger partial charge in [0, 0.05) is 23.8 Å². The summed E-state index contributed by atoms with van der Waals surface area (Å²) in [5.74, 6) is -0.469. The number of aromatic nitrogens is 1. The fourth-order valence-electron chi connectivity index (χ4n) is 2.22. The first-order valence-corrected chi connectivity index (χ1v) is 6.90. The predicted molar refractivity (Wildman–Crippen MR) is 85.6 cm³/mol. The van der Waals surface area contributed by atoms with Crippen molar-refractivity contribution in [1.82, 2.24) is 4.98 Å². The highest BCUT2D eigenvalue weighted by molar-refractivity contribution is 6.33. The number of halogens is 1. The molecule has 0 bridgehead atoms. The molecule has 0 radical (unpaired) electrons. The zero-order valence-electron chi connectivity index (χ0n) is 11.2. The third-order valence-electron chi connectivity index (χ3n) is 3.35. The molecule has 1 heterocycles. The minimum atomic E-state index is -0.469. The van der Waals surface area contributed by atoms with E-state index in [0.29, 0.717) is 22.8 Å². The molecule has 2 aromatic carbocycles. The smallest absolute Gasteiger partial charge is 0.248 e. The molecular weight excluding hydrogens is 286 g/mol. The molecule has 0 aliphatic heterocycles. The number of hydrogen-bond acceptors (Lipinski definition) is 2. The van der Waals surface area contributed by atoms with Crippen molar-refractivity contribution in [3.8, 4) is 0 Å². The van der Waals surface area contributed by atoms with Crippen LogP contribution in [-0.4, -0.2) is 10.9 Å². The third kappa shape index (κ3) is 2.85. The number of primary amides is 1. The number of hydrogen-bond donors (Lipinski definition) is 3. The van der Waals surface area contributed by atoms with Gasteiger partial charge in [0.2, 0.25) is 5.91 Å². The number of carbonyl (C=O) groups excluding carboxylic acids is 1. The maximum atomic E-state index is 11.2. The number of aromatic amines is 1. The van der Waals surface area contributed by atoms with Gasteiger partial charge < -0.3 is 16.0 Å². The Hall–Kier alpha value is -2.46. The molecule has 4 nitrogen and oxygen atoms in total. The van der Waals surface area contributed by atoms with E-state index in [9.17, 15) is 4.79 Å². The van der Waals surface area contributed by atoms with Crippen molar-refractivity contribution in [2.24, 2.45) is 5.73 Å². The van der Waals surface area contributed by atoms with Gasteiger partial charge in [0.05, 0.1) is 10.7 Å². The Morgan fingerprint density at radius 2 is 2.05 bits per heavy atom. The number of nitrogens with one attached hydrogen (secondary N) is 2. The summed E-state index contributed by atoms with van der Waals surface area (Å²) in [4.78, 5) is 14.4. The molecule has 0 fully saturated rings. The number of carbonyl (C=O) groups is 1. The van der Waals surface area contributed by atoms with Crippen LogP contribution in [0, 0.1) is 0 Å². The van der Waals surface area contributed by atoms with Crippen LogP contribution in [0.2, 0.25) is 5.02 Å². The molecule has 4 N–H and O–H groups in total. The lowest BCUT2D eigenvalue weighted by Gasteiger charge is -2.10. The van der Waals surface area contributed by atoms with E-state index in [4.69, 9.17) is 17.3 Å². The normalized spacial score (nSPS) is 10.7. The Morgan fingerprint density at radius 3 is 2.86 bits per heavy atom. The zero-order chi connectivity index (χ0) is 14.8. The van der Waals surface area contributed by atoms with Crippen molar-refractivity contribution in [3.05, 3.63) is 64.8 Å². The molecule has 3 rings (SSSR count). The molecule has 5 heteroatoms. The number of anilines is 1. The van der Waals surface area contributed by atoms with Crippen LogP contribution in [0.25, 0.3) is 10.9 Å². The van der Waals surface area contributed by atoms with E-state index in [1.165, 1.54) is 0 Å². The second-order valence-electron chi connectivity index (χ2n) is 4.81. The maximum absolute atomic E-state index is 11.2. The fourth-order valence-corrected chi connectivity index (χ4v) is 2.41. The summed E-state index contributed by atoms with van der Waals surface area (Å²) < 4.78 is 0. The van der Waals surface area contributed by atoms with Gasteiger partial charge in [-0.1, -0.05) is 17.7 Å². The van der Waals surface area contributed by atoms with Crippen molar-refractivity contribution in [3.63, 3.8) is 0 Å². The summed E-state index contributed by atoms with van der Waals surface area (Å²) in [5.41, 5.74) is 8.64. The highest BCUT2D eigenvalue weighted by Crippen LogP contribution is 2.24. The number of fused-ring (bicyclic) bond motifs is 1. The Morgan fingerprint density at radius 1 is 1.19 bits per heavy atom. The molecule has 0 saturated carbocycles. The summed E-state index contributed by atoms with van der Waals surface area (Å²) in [6.45, 7) is 0.614. The van der Waals surface area contributed by atoms with Crippen molar-refractivity contribution in [1.29, 1.82) is 0 Å². The number of rotatable bonds is 4. The molecule has 0 spiro atoms. The van der Waals surface area contributed by atoms with Crippen molar-refractivity contribution >= 4 is 34.1 Å². The van der Waals surface area contributed by atoms with Crippen molar-refractivity contribution in [2.45, 2.75) is 6.54 Å². The molecule has 3 aromatic rings. The van der Waals surface area contributed by atoms with Crippen LogP contribution < -0.4 is 11.1 Å². The quantitative estimate of drug-likeness (QED) is 0.689. The Labute approximate surface area is 126 Å². The lowest BCUT2D eigenvalue weighted by molar-refractivity contribution is 0.100. The SMILES string of the molecule is NC(=O)c1ccc(Cl)c(NCc2ccc3[nH]ccc3c2)c1. The molecule has 1 amide bonds. The number of nitrogens with two attached hydrogens (primary N) is 1. The maximum Gasteiger partial charge on any atom is 0.248 e. The third-order valence-corrected chi connectivity index (χ3v) is 3.68. The van der Waals surface area contributed by atoms with Crippen LogP contribution >= 0.6 is 11.6 Å². The number of benzene rings is 2. The van der Waals surface area contributed by atoms with Crippen LogP contribution in [0.15, 0.2) is 48.7 Å². The molecule has 0 aliphatic carbocycles. The molecule has 0 aliphatic rings. The standard InChI is InChI=1S/C16H14ClN3O/c17-13-3-2-12(16(18)21)8-15(13)20-9-10-1-4-14-11(7-10)5-6-19-14/h1-8,19-20H,9H2,(H2,18,21). The first-order valence-electron chi connectivity index (χ1n) is 6.53. The summed E-state index contributed by atoms with van der Waals surface area (Å²) in [7, 11) is 0. The van der Waals surface area contributed by atoms with E-state index in [-0.39, 0.29) is 0 Å². The monoisotopic (exact) mass is 299 g/mol. The van der Waals surface area contributed by atoms with E-state index in [1.54, 1.807) is 18.2 Å². The molecule has 0 unspecified atom stereocenters. The van der Waals surface area contributed by atoms with E-state index in [2.05, 4.69) is 16.4 Å². The van der Waals surface area contributed by atoms with Gasteiger partial charge in [0.1, 0.15) is 0 Å². The Kier molecular flexibility index (Phi) is 3.54. The second-order valence-corrected chi connectivity index (χ2v) is 5.22. The van der Waals surface area contributed by atoms with Gasteiger partial charge >= 0.3 is 0 Å².